The normalized spacial score (nSPS) is 6.46. The molecule has 3 heteroatoms. The van der Waals surface area contributed by atoms with Crippen molar-refractivity contribution in [2.24, 2.45) is 0 Å². The number of hydrogen-bond acceptors (Lipinski definition) is 3. The van der Waals surface area contributed by atoms with Gasteiger partial charge in [0.15, 0.2) is 0 Å². The number of aromatic nitrogens is 1. The van der Waals surface area contributed by atoms with Crippen molar-refractivity contribution in [3.63, 3.8) is 0 Å². The minimum absolute atomic E-state index is 0. The van der Waals surface area contributed by atoms with Gasteiger partial charge in [0.25, 0.3) is 0 Å². The summed E-state index contributed by atoms with van der Waals surface area (Å²) < 4.78 is 8.50. The summed E-state index contributed by atoms with van der Waals surface area (Å²) in [5, 5.41) is 0. The topological polar surface area (TPSA) is 31.4 Å². The van der Waals surface area contributed by atoms with E-state index < -0.39 is 0 Å². The van der Waals surface area contributed by atoms with Gasteiger partial charge in [-0.15, -0.1) is 0 Å². The number of pyridine rings is 1. The number of methoxy groups -OCH3 is 2. The molecule has 3 nitrogen and oxygen atoms in total. The fourth-order valence-corrected chi connectivity index (χ4v) is 0.313. The zero-order chi connectivity index (χ0) is 9.66. The molecule has 0 aromatic carbocycles. The Kier molecular flexibility index (Phi) is 31.1. The minimum Gasteiger partial charge on any atom is -0.388 e. The van der Waals surface area contributed by atoms with Crippen LogP contribution in [0.2, 0.25) is 0 Å². The minimum atomic E-state index is 0. The quantitative estimate of drug-likeness (QED) is 0.624. The van der Waals surface area contributed by atoms with Gasteiger partial charge in [-0.1, -0.05) is 13.5 Å². The second-order valence-electron chi connectivity index (χ2n) is 1.84. The van der Waals surface area contributed by atoms with Crippen LogP contribution in [0.1, 0.15) is 7.43 Å². The average molecular weight is 187 g/mol. The number of ether oxygens (including phenoxy) is 2. The Hall–Kier alpha value is -0.930. The highest BCUT2D eigenvalue weighted by atomic mass is 16.5. The second kappa shape index (κ2) is 22.5. The summed E-state index contributed by atoms with van der Waals surface area (Å²) in [7, 11) is 6.50. The largest absolute Gasteiger partial charge is 0.388 e. The van der Waals surface area contributed by atoms with Gasteiger partial charge in [-0.3, -0.25) is 4.98 Å². The SMILES string of the molecule is C.COC.COC.c1ccncc1. The predicted octanol–water partition coefficient (Wildman–Crippen LogP) is 2.24. The Morgan fingerprint density at radius 1 is 0.769 bits per heavy atom. The molecule has 0 fully saturated rings. The maximum absolute atomic E-state index is 4.25. The molecule has 0 aliphatic heterocycles. The van der Waals surface area contributed by atoms with Crippen LogP contribution < -0.4 is 0 Å². The first-order valence-electron chi connectivity index (χ1n) is 3.48. The van der Waals surface area contributed by atoms with Gasteiger partial charge < -0.3 is 9.47 Å². The Balaban J connectivity index is -0.000000126. The first-order chi connectivity index (χ1) is 5.83. The third-order valence-corrected chi connectivity index (χ3v) is 0.566. The van der Waals surface area contributed by atoms with Gasteiger partial charge in [0.2, 0.25) is 0 Å². The maximum Gasteiger partial charge on any atom is 0.0351 e. The molecule has 0 aliphatic rings. The fourth-order valence-electron chi connectivity index (χ4n) is 0.313. The van der Waals surface area contributed by atoms with Crippen molar-refractivity contribution in [1.29, 1.82) is 0 Å². The second-order valence-corrected chi connectivity index (χ2v) is 1.84. The Labute approximate surface area is 81.7 Å². The summed E-state index contributed by atoms with van der Waals surface area (Å²) in [6.07, 6.45) is 3.50. The third kappa shape index (κ3) is 35.4. The van der Waals surface area contributed by atoms with Crippen LogP contribution in [0, 0.1) is 0 Å². The molecule has 0 spiro atoms. The van der Waals surface area contributed by atoms with Crippen molar-refractivity contribution in [1.82, 2.24) is 4.98 Å². The van der Waals surface area contributed by atoms with Crippen molar-refractivity contribution in [2.45, 2.75) is 7.43 Å². The first kappa shape index (κ1) is 18.0. The number of hydrogen-bond donors (Lipinski definition) is 0. The highest BCUT2D eigenvalue weighted by Gasteiger charge is 1.58. The summed E-state index contributed by atoms with van der Waals surface area (Å²) in [5.41, 5.74) is 0. The van der Waals surface area contributed by atoms with E-state index in [0.29, 0.717) is 0 Å². The summed E-state index contributed by atoms with van der Waals surface area (Å²) in [6.45, 7) is 0. The van der Waals surface area contributed by atoms with Gasteiger partial charge in [-0.25, -0.2) is 0 Å². The Morgan fingerprint density at radius 2 is 1.08 bits per heavy atom. The van der Waals surface area contributed by atoms with Crippen molar-refractivity contribution >= 4 is 0 Å². The lowest BCUT2D eigenvalue weighted by atomic mass is 10.5. The lowest BCUT2D eigenvalue weighted by Crippen LogP contribution is -1.58. The van der Waals surface area contributed by atoms with Gasteiger partial charge in [0.05, 0.1) is 0 Å². The van der Waals surface area contributed by atoms with Crippen LogP contribution in [0.3, 0.4) is 0 Å². The van der Waals surface area contributed by atoms with E-state index in [-0.39, 0.29) is 7.43 Å². The van der Waals surface area contributed by atoms with Crippen LogP contribution in [-0.4, -0.2) is 33.4 Å². The molecule has 1 aromatic rings. The zero-order valence-corrected chi connectivity index (χ0v) is 8.15. The fraction of sp³-hybridized carbons (Fsp3) is 0.500. The zero-order valence-electron chi connectivity index (χ0n) is 8.15. The molecule has 0 radical (unpaired) electrons. The predicted molar refractivity (Wildman–Crippen MR) is 56.8 cm³/mol. The van der Waals surface area contributed by atoms with Crippen molar-refractivity contribution in [3.8, 4) is 0 Å². The van der Waals surface area contributed by atoms with Gasteiger partial charge in [0.1, 0.15) is 0 Å². The van der Waals surface area contributed by atoms with Crippen molar-refractivity contribution in [2.75, 3.05) is 28.4 Å². The monoisotopic (exact) mass is 187 g/mol. The molecule has 0 bridgehead atoms. The van der Waals surface area contributed by atoms with Crippen LogP contribution in [-0.2, 0) is 9.47 Å². The molecule has 0 aliphatic carbocycles. The summed E-state index contributed by atoms with van der Waals surface area (Å²) in [5.74, 6) is 0. The van der Waals surface area contributed by atoms with Crippen LogP contribution in [0.4, 0.5) is 0 Å². The molecule has 1 rings (SSSR count). The lowest BCUT2D eigenvalue weighted by Gasteiger charge is -1.70. The van der Waals surface area contributed by atoms with Crippen LogP contribution >= 0.6 is 0 Å². The van der Waals surface area contributed by atoms with E-state index in [1.54, 1.807) is 40.8 Å². The smallest absolute Gasteiger partial charge is 0.0351 e. The molecule has 0 amide bonds. The van der Waals surface area contributed by atoms with E-state index in [9.17, 15) is 0 Å². The molecular formula is C10H21NO2. The first-order valence-corrected chi connectivity index (χ1v) is 3.48. The maximum atomic E-state index is 4.25. The third-order valence-electron chi connectivity index (χ3n) is 0.566. The van der Waals surface area contributed by atoms with E-state index in [4.69, 9.17) is 0 Å². The summed E-state index contributed by atoms with van der Waals surface area (Å²) >= 11 is 0. The molecule has 78 valence electrons. The van der Waals surface area contributed by atoms with E-state index in [1.807, 2.05) is 18.2 Å². The van der Waals surface area contributed by atoms with E-state index >= 15 is 0 Å². The van der Waals surface area contributed by atoms with Crippen molar-refractivity contribution in [3.05, 3.63) is 30.6 Å². The number of nitrogens with zero attached hydrogens (tertiary/aromatic N) is 1. The molecule has 0 atom stereocenters. The van der Waals surface area contributed by atoms with Crippen LogP contribution in [0.5, 0.6) is 0 Å². The molecule has 13 heavy (non-hydrogen) atoms. The van der Waals surface area contributed by atoms with E-state index in [1.165, 1.54) is 0 Å². The number of rotatable bonds is 0. The molecule has 1 heterocycles. The van der Waals surface area contributed by atoms with Gasteiger partial charge in [-0.2, -0.15) is 0 Å². The molecule has 1 aromatic heterocycles. The van der Waals surface area contributed by atoms with Crippen LogP contribution in [0.25, 0.3) is 0 Å². The average Bonchev–Trinajstić information content (AvgIpc) is 2.10. The highest BCUT2D eigenvalue weighted by Crippen LogP contribution is 1.73. The van der Waals surface area contributed by atoms with Gasteiger partial charge in [-0.05, 0) is 12.1 Å². The molecule has 0 N–H and O–H groups in total. The molecule has 0 saturated heterocycles. The lowest BCUT2D eigenvalue weighted by molar-refractivity contribution is 0.277. The van der Waals surface area contributed by atoms with Crippen molar-refractivity contribution < 1.29 is 9.47 Å². The highest BCUT2D eigenvalue weighted by molar-refractivity contribution is 4.88. The van der Waals surface area contributed by atoms with Gasteiger partial charge in [0, 0.05) is 40.8 Å². The van der Waals surface area contributed by atoms with Gasteiger partial charge >= 0.3 is 0 Å². The summed E-state index contributed by atoms with van der Waals surface area (Å²) in [6, 6.07) is 5.72. The van der Waals surface area contributed by atoms with E-state index in [0.717, 1.165) is 0 Å². The Bertz CT molecular complexity index is 105. The van der Waals surface area contributed by atoms with Crippen LogP contribution in [0.15, 0.2) is 30.6 Å². The standard InChI is InChI=1S/C5H5N.2C2H6O.CH4/c1-2-4-6-5-3-1;2*1-3-2;/h1-5H;2*1-2H3;1H4. The Morgan fingerprint density at radius 3 is 1.15 bits per heavy atom. The van der Waals surface area contributed by atoms with E-state index in [2.05, 4.69) is 14.5 Å². The molecular weight excluding hydrogens is 166 g/mol. The molecule has 0 unspecified atom stereocenters. The summed E-state index contributed by atoms with van der Waals surface area (Å²) in [4.78, 5) is 3.78. The molecule has 0 saturated carbocycles.